The van der Waals surface area contributed by atoms with Gasteiger partial charge in [0.15, 0.2) is 0 Å². The fourth-order valence-electron chi connectivity index (χ4n) is 11.6. The molecule has 12 aromatic rings. The number of fused-ring (bicyclic) bond motifs is 15. The molecule has 6 heterocycles. The Morgan fingerprint density at radius 3 is 2.07 bits per heavy atom. The van der Waals surface area contributed by atoms with Crippen molar-refractivity contribution in [3.63, 3.8) is 0 Å². The van der Waals surface area contributed by atoms with E-state index in [1.54, 1.807) is 6.07 Å². The van der Waals surface area contributed by atoms with Gasteiger partial charge in [-0.25, -0.2) is 0 Å². The number of nitrogens with zero attached hydrogens (tertiary/aromatic N) is 4. The van der Waals surface area contributed by atoms with Crippen LogP contribution in [-0.2, 0) is 36.4 Å². The molecule has 8 heteroatoms. The van der Waals surface area contributed by atoms with Gasteiger partial charge in [-0.3, -0.25) is 9.37 Å². The molecule has 0 unspecified atom stereocenters. The first kappa shape index (κ1) is 49.5. The molecule has 1 radical (unpaired) electrons. The van der Waals surface area contributed by atoms with Gasteiger partial charge in [-0.2, -0.15) is 0 Å². The van der Waals surface area contributed by atoms with E-state index in [1.807, 2.05) is 32.2 Å². The van der Waals surface area contributed by atoms with E-state index < -0.39 is 0 Å². The standard InChI is InChI=1S/C55H47BN3O.C13H11FN.Ir/c1-53(2,3)32-21-23-45-39(27-32)40-28-34(55(7,8)9)30-42-50(40)58(45)46-25-31(26-48-49(46)56(42)41-29-33(54(4,5)6)22-24-47(41)60-48)35-18-14-19-43-51(35)59-44-20-13-12-16-37(44)36-15-10-11-17-38(36)52(59)57-43;1-9-7-13(15-8-10(9)2)11-3-5-12(14)6-4-11;/h10-16,18-30H,1-9H3;3,5-8H,1-2H3;/q2*-1;. The van der Waals surface area contributed by atoms with Crippen molar-refractivity contribution in [2.45, 2.75) is 92.4 Å². The molecule has 0 saturated carbocycles. The predicted molar refractivity (Wildman–Crippen MR) is 312 cm³/mol. The molecule has 5 nitrogen and oxygen atoms in total. The number of aromatic nitrogens is 4. The molecule has 8 aromatic carbocycles. The molecule has 0 atom stereocenters. The van der Waals surface area contributed by atoms with Gasteiger partial charge in [0.25, 0.3) is 6.71 Å². The Morgan fingerprint density at radius 2 is 1.32 bits per heavy atom. The van der Waals surface area contributed by atoms with Crippen molar-refractivity contribution in [1.29, 1.82) is 0 Å². The van der Waals surface area contributed by atoms with Crippen LogP contribution in [-0.4, -0.2) is 25.6 Å². The van der Waals surface area contributed by atoms with Gasteiger partial charge < -0.3 is 18.7 Å². The van der Waals surface area contributed by atoms with E-state index in [0.29, 0.717) is 0 Å². The summed E-state index contributed by atoms with van der Waals surface area (Å²) in [5.41, 5.74) is 21.7. The predicted octanol–water partition coefficient (Wildman–Crippen LogP) is 15.5. The topological polar surface area (TPSA) is 44.4 Å². The van der Waals surface area contributed by atoms with Crippen molar-refractivity contribution in [1.82, 2.24) is 18.9 Å². The molecule has 0 bridgehead atoms. The van der Waals surface area contributed by atoms with E-state index in [1.165, 1.54) is 83.7 Å². The van der Waals surface area contributed by atoms with Crippen LogP contribution < -0.4 is 21.1 Å². The van der Waals surface area contributed by atoms with Crippen LogP contribution in [0.5, 0.6) is 11.5 Å². The molecule has 4 aromatic heterocycles. The average molecular weight is 1170 g/mol. The molecular weight excluding hydrogens is 1110 g/mol. The van der Waals surface area contributed by atoms with Crippen LogP contribution in [0.25, 0.3) is 88.2 Å². The van der Waals surface area contributed by atoms with Crippen LogP contribution in [0.4, 0.5) is 4.39 Å². The van der Waals surface area contributed by atoms with E-state index in [2.05, 4.69) is 204 Å². The van der Waals surface area contributed by atoms with Crippen molar-refractivity contribution in [3.8, 4) is 39.6 Å². The Labute approximate surface area is 458 Å². The molecule has 0 N–H and O–H groups in total. The van der Waals surface area contributed by atoms with Crippen LogP contribution >= 0.6 is 0 Å². The second-order valence-electron chi connectivity index (χ2n) is 24.0. The van der Waals surface area contributed by atoms with Crippen LogP contribution in [0.2, 0.25) is 0 Å². The summed E-state index contributed by atoms with van der Waals surface area (Å²) in [6.45, 7) is 24.9. The van der Waals surface area contributed by atoms with Gasteiger partial charge in [-0.05, 0) is 134 Å². The van der Waals surface area contributed by atoms with E-state index in [-0.39, 0.29) is 48.9 Å². The second-order valence-corrected chi connectivity index (χ2v) is 24.0. The molecule has 76 heavy (non-hydrogen) atoms. The quantitative estimate of drug-likeness (QED) is 0.0984. The minimum atomic E-state index is -0.275. The first-order chi connectivity index (χ1) is 35.8. The first-order valence-corrected chi connectivity index (χ1v) is 26.2. The van der Waals surface area contributed by atoms with Crippen LogP contribution in [0.15, 0.2) is 152 Å². The maximum atomic E-state index is 12.7. The number of ether oxygens (including phenoxy) is 1. The van der Waals surface area contributed by atoms with Gasteiger partial charge in [0.2, 0.25) is 0 Å². The molecule has 0 spiro atoms. The third-order valence-corrected chi connectivity index (χ3v) is 15.9. The Hall–Kier alpha value is -7.38. The summed E-state index contributed by atoms with van der Waals surface area (Å²) in [7, 11) is 0. The summed E-state index contributed by atoms with van der Waals surface area (Å²) in [5, 5.41) is 5.99. The zero-order chi connectivity index (χ0) is 52.0. The summed E-state index contributed by atoms with van der Waals surface area (Å²) in [4.78, 5) is 9.62. The molecule has 0 fully saturated rings. The molecule has 2 aliphatic heterocycles. The molecule has 0 amide bonds. The Kier molecular flexibility index (Phi) is 11.5. The third kappa shape index (κ3) is 7.81. The number of halogens is 1. The summed E-state index contributed by atoms with van der Waals surface area (Å²) in [6.07, 6.45) is 1.82. The Morgan fingerprint density at radius 1 is 0.592 bits per heavy atom. The maximum absolute atomic E-state index is 12.7. The molecule has 2 aliphatic rings. The van der Waals surface area contributed by atoms with Gasteiger partial charge in [-0.1, -0.05) is 134 Å². The molecule has 0 saturated heterocycles. The maximum Gasteiger partial charge on any atom is 0.256 e. The van der Waals surface area contributed by atoms with E-state index in [9.17, 15) is 4.39 Å². The zero-order valence-electron chi connectivity index (χ0n) is 44.9. The summed E-state index contributed by atoms with van der Waals surface area (Å²) in [5.74, 6) is 1.56. The number of hydrogen-bond donors (Lipinski definition) is 0. The Balaban J connectivity index is 0.000000315. The minimum absolute atomic E-state index is 0. The van der Waals surface area contributed by atoms with E-state index >= 15 is 0 Å². The average Bonchev–Trinajstić information content (AvgIpc) is 4.15. The third-order valence-electron chi connectivity index (χ3n) is 15.9. The van der Waals surface area contributed by atoms with Crippen molar-refractivity contribution in [3.05, 3.63) is 198 Å². The molecule has 0 aliphatic carbocycles. The van der Waals surface area contributed by atoms with Crippen molar-refractivity contribution < 1.29 is 29.2 Å². The second kappa shape index (κ2) is 17.6. The number of hydrogen-bond acceptors (Lipinski definition) is 3. The fraction of sp³-hybridized carbons (Fsp3) is 0.206. The first-order valence-electron chi connectivity index (χ1n) is 26.2. The Bertz CT molecular complexity index is 4380. The van der Waals surface area contributed by atoms with E-state index in [4.69, 9.17) is 9.72 Å². The normalized spacial score (nSPS) is 13.0. The van der Waals surface area contributed by atoms with E-state index in [0.717, 1.165) is 72.4 Å². The summed E-state index contributed by atoms with van der Waals surface area (Å²) >= 11 is 0. The van der Waals surface area contributed by atoms with Crippen molar-refractivity contribution in [2.75, 3.05) is 0 Å². The van der Waals surface area contributed by atoms with Gasteiger partial charge in [0.1, 0.15) is 11.5 Å². The summed E-state index contributed by atoms with van der Waals surface area (Å²) < 4.78 is 24.8. The van der Waals surface area contributed by atoms with Crippen LogP contribution in [0.1, 0.15) is 90.1 Å². The number of imidazole rings is 1. The van der Waals surface area contributed by atoms with Gasteiger partial charge in [0.05, 0.1) is 22.2 Å². The summed E-state index contributed by atoms with van der Waals surface area (Å²) in [6, 6.07) is 58.1. The number of benzene rings is 8. The smallest absolute Gasteiger partial charge is 0.256 e. The number of aryl methyl sites for hydroxylation is 2. The SMILES string of the molecule is CC(C)(C)c1ccc2c(c1)B1c3c(cc(-c4cccc5nc6c7[c-]cccc7c7ccccc7n6c45)cc3-n3c4ccc(C(C)(C)C)cc4c4cc(C(C)(C)C)cc1c43)O2.Cc1cnc(-c2[c-]cc(F)cc2)cc1C.[Ir]. The minimum Gasteiger partial charge on any atom is -0.458 e. The van der Waals surface area contributed by atoms with Crippen molar-refractivity contribution in [2.24, 2.45) is 0 Å². The fourth-order valence-corrected chi connectivity index (χ4v) is 11.6. The van der Waals surface area contributed by atoms with Crippen LogP contribution in [0, 0.1) is 31.8 Å². The number of pyridine rings is 2. The largest absolute Gasteiger partial charge is 0.458 e. The molecule has 377 valence electrons. The van der Waals surface area contributed by atoms with Gasteiger partial charge in [-0.15, -0.1) is 59.5 Å². The molecular formula is C68H58BFIrN4O-2. The van der Waals surface area contributed by atoms with Gasteiger partial charge >= 0.3 is 0 Å². The monoisotopic (exact) mass is 1170 g/mol. The van der Waals surface area contributed by atoms with Crippen molar-refractivity contribution >= 4 is 83.3 Å². The number of rotatable bonds is 2. The number of para-hydroxylation sites is 2. The van der Waals surface area contributed by atoms with Gasteiger partial charge in [0, 0.05) is 65.2 Å². The van der Waals surface area contributed by atoms with Crippen LogP contribution in [0.3, 0.4) is 0 Å². The molecule has 14 rings (SSSR count). The zero-order valence-corrected chi connectivity index (χ0v) is 47.3.